The van der Waals surface area contributed by atoms with Crippen molar-refractivity contribution in [3.63, 3.8) is 0 Å². The Bertz CT molecular complexity index is 1190. The van der Waals surface area contributed by atoms with Crippen LogP contribution in [0.3, 0.4) is 0 Å². The maximum absolute atomic E-state index is 13.2. The molecular weight excluding hydrogens is 463 g/mol. The van der Waals surface area contributed by atoms with Gasteiger partial charge in [0, 0.05) is 23.2 Å². The number of carbonyl (C=O) groups is 2. The van der Waals surface area contributed by atoms with Gasteiger partial charge in [-0.25, -0.2) is 0 Å². The van der Waals surface area contributed by atoms with Crippen molar-refractivity contribution >= 4 is 40.7 Å². The average molecular weight is 487 g/mol. The van der Waals surface area contributed by atoms with Crippen LogP contribution in [0, 0.1) is 6.92 Å². The van der Waals surface area contributed by atoms with Crippen LogP contribution in [-0.4, -0.2) is 29.1 Å². The van der Waals surface area contributed by atoms with Gasteiger partial charge >= 0.3 is 0 Å². The molecule has 0 bridgehead atoms. The maximum Gasteiger partial charge on any atom is 0.261 e. The van der Waals surface area contributed by atoms with E-state index in [0.717, 1.165) is 25.7 Å². The fourth-order valence-electron chi connectivity index (χ4n) is 3.96. The van der Waals surface area contributed by atoms with Crippen LogP contribution in [0.2, 0.25) is 10.0 Å². The molecule has 0 saturated heterocycles. The van der Waals surface area contributed by atoms with E-state index in [1.54, 1.807) is 49.4 Å². The van der Waals surface area contributed by atoms with E-state index in [2.05, 4.69) is 15.8 Å². The molecule has 1 fully saturated rings. The number of halogens is 2. The zero-order valence-corrected chi connectivity index (χ0v) is 19.5. The van der Waals surface area contributed by atoms with Gasteiger partial charge in [0.05, 0.1) is 15.7 Å². The zero-order valence-electron chi connectivity index (χ0n) is 18.0. The Balaban J connectivity index is 1.54. The van der Waals surface area contributed by atoms with Crippen molar-refractivity contribution in [3.05, 3.63) is 69.4 Å². The molecule has 9 heteroatoms. The molecular formula is C24H24Cl2N4O3. The van der Waals surface area contributed by atoms with Crippen LogP contribution < -0.4 is 16.4 Å². The van der Waals surface area contributed by atoms with Crippen LogP contribution in [0.25, 0.3) is 11.3 Å². The topological polar surface area (TPSA) is 110 Å². The molecule has 1 aliphatic rings. The molecule has 0 unspecified atom stereocenters. The summed E-state index contributed by atoms with van der Waals surface area (Å²) in [6, 6.07) is 12.1. The van der Waals surface area contributed by atoms with E-state index in [4.69, 9.17) is 33.5 Å². The number of nitrogens with two attached hydrogens (primary N) is 1. The highest BCUT2D eigenvalue weighted by Crippen LogP contribution is 2.32. The molecule has 7 nitrogen and oxygen atoms in total. The number of aryl methyl sites for hydroxylation is 1. The number of nitrogens with one attached hydrogen (secondary N) is 2. The van der Waals surface area contributed by atoms with Gasteiger partial charge in [-0.2, -0.15) is 0 Å². The Labute approximate surface area is 201 Å². The third-order valence-corrected chi connectivity index (χ3v) is 6.46. The van der Waals surface area contributed by atoms with Gasteiger partial charge in [-0.15, -0.1) is 0 Å². The molecule has 0 aliphatic heterocycles. The van der Waals surface area contributed by atoms with Gasteiger partial charge in [0.2, 0.25) is 0 Å². The Kier molecular flexibility index (Phi) is 7.02. The monoisotopic (exact) mass is 486 g/mol. The molecule has 0 radical (unpaired) electrons. The fourth-order valence-corrected chi connectivity index (χ4v) is 4.35. The predicted molar refractivity (Wildman–Crippen MR) is 129 cm³/mol. The summed E-state index contributed by atoms with van der Waals surface area (Å²) < 4.78 is 5.27. The Morgan fingerprint density at radius 1 is 1.03 bits per heavy atom. The van der Waals surface area contributed by atoms with Crippen molar-refractivity contribution < 1.29 is 14.1 Å². The number of rotatable bonds is 5. The number of carbonyl (C=O) groups excluding carboxylic acids is 2. The van der Waals surface area contributed by atoms with Crippen LogP contribution in [0.15, 0.2) is 47.0 Å². The smallest absolute Gasteiger partial charge is 0.261 e. The minimum absolute atomic E-state index is 0.0869. The van der Waals surface area contributed by atoms with Gasteiger partial charge < -0.3 is 20.9 Å². The van der Waals surface area contributed by atoms with Crippen LogP contribution >= 0.6 is 23.2 Å². The van der Waals surface area contributed by atoms with E-state index < -0.39 is 5.91 Å². The third kappa shape index (κ3) is 5.21. The first-order chi connectivity index (χ1) is 15.8. The molecule has 1 saturated carbocycles. The van der Waals surface area contributed by atoms with Crippen molar-refractivity contribution in [2.24, 2.45) is 5.73 Å². The molecule has 3 aromatic rings. The fraction of sp³-hybridized carbons (Fsp3) is 0.292. The number of amides is 2. The Morgan fingerprint density at radius 2 is 1.76 bits per heavy atom. The number of anilines is 1. The van der Waals surface area contributed by atoms with E-state index in [0.29, 0.717) is 38.3 Å². The summed E-state index contributed by atoms with van der Waals surface area (Å²) in [5.41, 5.74) is 7.80. The quantitative estimate of drug-likeness (QED) is 0.458. The van der Waals surface area contributed by atoms with E-state index >= 15 is 0 Å². The van der Waals surface area contributed by atoms with Gasteiger partial charge in [0.25, 0.3) is 11.8 Å². The SMILES string of the molecule is Cc1onc(-c2ccccc2Cl)c1C(=O)Nc1cc(C(=O)NC2CCC(N)CC2)ccc1Cl. The number of hydrogen-bond acceptors (Lipinski definition) is 5. The molecule has 33 heavy (non-hydrogen) atoms. The summed E-state index contributed by atoms with van der Waals surface area (Å²) in [4.78, 5) is 25.9. The summed E-state index contributed by atoms with van der Waals surface area (Å²) in [7, 11) is 0. The number of hydrogen-bond donors (Lipinski definition) is 3. The van der Waals surface area contributed by atoms with E-state index in [9.17, 15) is 9.59 Å². The summed E-state index contributed by atoms with van der Waals surface area (Å²) in [5.74, 6) is -0.354. The normalized spacial score (nSPS) is 18.1. The number of aromatic nitrogens is 1. The van der Waals surface area contributed by atoms with Crippen molar-refractivity contribution in [1.29, 1.82) is 0 Å². The number of nitrogens with zero attached hydrogens (tertiary/aromatic N) is 1. The standard InChI is InChI=1S/C24H24Cl2N4O3/c1-13-21(22(30-33-13)17-4-2-3-5-18(17)25)24(32)29-20-12-14(6-11-19(20)26)23(31)28-16-9-7-15(27)8-10-16/h2-6,11-12,15-16H,7-10,27H2,1H3,(H,28,31)(H,29,32). The summed E-state index contributed by atoms with van der Waals surface area (Å²) in [5, 5.41) is 10.6. The van der Waals surface area contributed by atoms with Gasteiger partial charge in [0.1, 0.15) is 17.0 Å². The molecule has 4 N–H and O–H groups in total. The lowest BCUT2D eigenvalue weighted by molar-refractivity contribution is 0.0924. The summed E-state index contributed by atoms with van der Waals surface area (Å²) in [6.07, 6.45) is 3.47. The van der Waals surface area contributed by atoms with Crippen molar-refractivity contribution in [1.82, 2.24) is 10.5 Å². The zero-order chi connectivity index (χ0) is 23.5. The second-order valence-electron chi connectivity index (χ2n) is 8.18. The molecule has 2 aromatic carbocycles. The first kappa shape index (κ1) is 23.3. The molecule has 0 spiro atoms. The van der Waals surface area contributed by atoms with Crippen LogP contribution in [-0.2, 0) is 0 Å². The van der Waals surface area contributed by atoms with Crippen LogP contribution in [0.4, 0.5) is 5.69 Å². The number of benzene rings is 2. The van der Waals surface area contributed by atoms with Crippen molar-refractivity contribution in [2.75, 3.05) is 5.32 Å². The van der Waals surface area contributed by atoms with Crippen molar-refractivity contribution in [3.8, 4) is 11.3 Å². The molecule has 4 rings (SSSR count). The van der Waals surface area contributed by atoms with Gasteiger partial charge in [-0.3, -0.25) is 9.59 Å². The Morgan fingerprint density at radius 3 is 2.48 bits per heavy atom. The molecule has 1 heterocycles. The van der Waals surface area contributed by atoms with Crippen LogP contribution in [0.1, 0.15) is 52.2 Å². The minimum atomic E-state index is -0.468. The third-order valence-electron chi connectivity index (χ3n) is 5.80. The highest BCUT2D eigenvalue weighted by Gasteiger charge is 2.25. The minimum Gasteiger partial charge on any atom is -0.360 e. The second-order valence-corrected chi connectivity index (χ2v) is 8.99. The van der Waals surface area contributed by atoms with Crippen LogP contribution in [0.5, 0.6) is 0 Å². The highest BCUT2D eigenvalue weighted by molar-refractivity contribution is 6.34. The molecule has 0 atom stereocenters. The van der Waals surface area contributed by atoms with Gasteiger partial charge in [-0.1, -0.05) is 46.6 Å². The van der Waals surface area contributed by atoms with Gasteiger partial charge in [-0.05, 0) is 56.9 Å². The average Bonchev–Trinajstić information content (AvgIpc) is 3.18. The second kappa shape index (κ2) is 9.95. The van der Waals surface area contributed by atoms with E-state index in [1.165, 1.54) is 0 Å². The summed E-state index contributed by atoms with van der Waals surface area (Å²) in [6.45, 7) is 1.64. The lowest BCUT2D eigenvalue weighted by atomic mass is 9.91. The van der Waals surface area contributed by atoms with Gasteiger partial charge in [0.15, 0.2) is 0 Å². The first-order valence-electron chi connectivity index (χ1n) is 10.7. The maximum atomic E-state index is 13.2. The summed E-state index contributed by atoms with van der Waals surface area (Å²) >= 11 is 12.6. The molecule has 172 valence electrons. The lowest BCUT2D eigenvalue weighted by Gasteiger charge is -2.26. The lowest BCUT2D eigenvalue weighted by Crippen LogP contribution is -2.40. The van der Waals surface area contributed by atoms with E-state index in [1.807, 2.05) is 0 Å². The van der Waals surface area contributed by atoms with Crippen molar-refractivity contribution in [2.45, 2.75) is 44.7 Å². The first-order valence-corrected chi connectivity index (χ1v) is 11.5. The molecule has 1 aromatic heterocycles. The highest BCUT2D eigenvalue weighted by atomic mass is 35.5. The molecule has 1 aliphatic carbocycles. The predicted octanol–water partition coefficient (Wildman–Crippen LogP) is 5.21. The molecule has 2 amide bonds. The van der Waals surface area contributed by atoms with E-state index in [-0.39, 0.29) is 23.6 Å². The largest absolute Gasteiger partial charge is 0.360 e. The Hall–Kier alpha value is -2.87.